The van der Waals surface area contributed by atoms with Crippen LogP contribution in [-0.2, 0) is 22.4 Å². The number of benzene rings is 2. The highest BCUT2D eigenvalue weighted by atomic mass is 16.2. The number of fused-ring (bicyclic) bond motifs is 2. The summed E-state index contributed by atoms with van der Waals surface area (Å²) in [6.45, 7) is 1.37. The topological polar surface area (TPSA) is 142 Å². The summed E-state index contributed by atoms with van der Waals surface area (Å²) in [6.07, 6.45) is 16.6. The van der Waals surface area contributed by atoms with E-state index in [1.54, 1.807) is 0 Å². The molecule has 8 nitrogen and oxygen atoms in total. The monoisotopic (exact) mass is 572 g/mol. The Morgan fingerprint density at radius 3 is 1.33 bits per heavy atom. The van der Waals surface area contributed by atoms with Crippen LogP contribution < -0.4 is 22.1 Å². The molecule has 0 bridgehead atoms. The summed E-state index contributed by atoms with van der Waals surface area (Å²) in [5, 5.41) is 8.25. The van der Waals surface area contributed by atoms with Gasteiger partial charge in [0.2, 0.25) is 11.8 Å². The number of nitrogens with one attached hydrogen (secondary N) is 4. The van der Waals surface area contributed by atoms with Crippen molar-refractivity contribution in [2.75, 3.05) is 13.1 Å². The second-order valence-corrected chi connectivity index (χ2v) is 11.5. The molecule has 0 radical (unpaired) electrons. The number of unbranched alkanes of at least 4 members (excludes halogenated alkanes) is 9. The van der Waals surface area contributed by atoms with Crippen molar-refractivity contribution in [1.29, 1.82) is 0 Å². The summed E-state index contributed by atoms with van der Waals surface area (Å²) in [4.78, 5) is 31.3. The molecule has 8 heteroatoms. The summed E-state index contributed by atoms with van der Waals surface area (Å²) >= 11 is 0. The van der Waals surface area contributed by atoms with E-state index in [1.807, 2.05) is 48.8 Å². The number of rotatable bonds is 19. The van der Waals surface area contributed by atoms with Crippen molar-refractivity contribution >= 4 is 33.6 Å². The van der Waals surface area contributed by atoms with Crippen LogP contribution in [0.3, 0.4) is 0 Å². The van der Waals surface area contributed by atoms with Crippen LogP contribution >= 0.6 is 0 Å². The highest BCUT2D eigenvalue weighted by Gasteiger charge is 2.16. The number of carbonyl (C=O) groups is 2. The first-order valence-corrected chi connectivity index (χ1v) is 15.7. The van der Waals surface area contributed by atoms with E-state index in [0.29, 0.717) is 25.9 Å². The maximum absolute atomic E-state index is 12.4. The van der Waals surface area contributed by atoms with Crippen LogP contribution in [0.4, 0.5) is 0 Å². The van der Waals surface area contributed by atoms with E-state index in [-0.39, 0.29) is 11.8 Å². The maximum atomic E-state index is 12.4. The van der Waals surface area contributed by atoms with E-state index < -0.39 is 12.1 Å². The molecular weight excluding hydrogens is 524 g/mol. The van der Waals surface area contributed by atoms with Gasteiger partial charge in [-0.1, -0.05) is 87.8 Å². The Bertz CT molecular complexity index is 1290. The van der Waals surface area contributed by atoms with E-state index in [1.165, 1.54) is 38.5 Å². The quantitative estimate of drug-likeness (QED) is 0.0857. The number of H-pyrrole nitrogens is 2. The second-order valence-electron chi connectivity index (χ2n) is 11.5. The first kappa shape index (κ1) is 31.3. The molecule has 2 atom stereocenters. The van der Waals surface area contributed by atoms with Gasteiger partial charge < -0.3 is 32.1 Å². The van der Waals surface area contributed by atoms with E-state index in [9.17, 15) is 9.59 Å². The molecule has 2 aromatic carbocycles. The Morgan fingerprint density at radius 2 is 0.929 bits per heavy atom. The van der Waals surface area contributed by atoms with Crippen molar-refractivity contribution in [3.05, 3.63) is 72.1 Å². The molecule has 0 aliphatic heterocycles. The lowest BCUT2D eigenvalue weighted by Gasteiger charge is -2.12. The van der Waals surface area contributed by atoms with Crippen molar-refractivity contribution < 1.29 is 9.59 Å². The van der Waals surface area contributed by atoms with Crippen LogP contribution in [0.15, 0.2) is 60.9 Å². The summed E-state index contributed by atoms with van der Waals surface area (Å²) < 4.78 is 0. The number of hydrogen-bond donors (Lipinski definition) is 6. The van der Waals surface area contributed by atoms with Gasteiger partial charge in [-0.3, -0.25) is 9.59 Å². The molecule has 226 valence electrons. The third-order valence-corrected chi connectivity index (χ3v) is 8.11. The lowest BCUT2D eigenvalue weighted by molar-refractivity contribution is -0.123. The van der Waals surface area contributed by atoms with Gasteiger partial charge in [-0.05, 0) is 48.9 Å². The molecule has 2 aromatic heterocycles. The molecule has 2 amide bonds. The molecule has 0 aliphatic rings. The van der Waals surface area contributed by atoms with Gasteiger partial charge >= 0.3 is 0 Å². The van der Waals surface area contributed by atoms with Crippen LogP contribution in [0.1, 0.15) is 75.3 Å². The van der Waals surface area contributed by atoms with Crippen molar-refractivity contribution in [3.8, 4) is 0 Å². The van der Waals surface area contributed by atoms with E-state index in [4.69, 9.17) is 11.5 Å². The average Bonchev–Trinajstić information content (AvgIpc) is 3.61. The van der Waals surface area contributed by atoms with Gasteiger partial charge in [0.05, 0.1) is 12.1 Å². The number of hydrogen-bond acceptors (Lipinski definition) is 4. The zero-order chi connectivity index (χ0) is 29.6. The molecular formula is C34H48N6O2. The van der Waals surface area contributed by atoms with Gasteiger partial charge in [0, 0.05) is 47.3 Å². The second kappa shape index (κ2) is 16.7. The number of aromatic nitrogens is 2. The Balaban J connectivity index is 0.931. The number of aromatic amines is 2. The van der Waals surface area contributed by atoms with E-state index >= 15 is 0 Å². The van der Waals surface area contributed by atoms with Gasteiger partial charge in [0.25, 0.3) is 0 Å². The fourth-order valence-electron chi connectivity index (χ4n) is 5.61. The van der Waals surface area contributed by atoms with Crippen LogP contribution in [-0.4, -0.2) is 47.0 Å². The fourth-order valence-corrected chi connectivity index (χ4v) is 5.61. The highest BCUT2D eigenvalue weighted by Crippen LogP contribution is 2.20. The van der Waals surface area contributed by atoms with Crippen molar-refractivity contribution in [2.45, 2.75) is 89.1 Å². The molecule has 0 aliphatic carbocycles. The van der Waals surface area contributed by atoms with Crippen LogP contribution in [0, 0.1) is 0 Å². The van der Waals surface area contributed by atoms with Crippen LogP contribution in [0.2, 0.25) is 0 Å². The normalized spacial score (nSPS) is 12.9. The molecule has 8 N–H and O–H groups in total. The first-order chi connectivity index (χ1) is 20.5. The highest BCUT2D eigenvalue weighted by molar-refractivity contribution is 5.87. The van der Waals surface area contributed by atoms with Gasteiger partial charge in [0.1, 0.15) is 0 Å². The number of carbonyl (C=O) groups excluding carboxylic acids is 2. The predicted octanol–water partition coefficient (Wildman–Crippen LogP) is 5.22. The molecule has 4 rings (SSSR count). The largest absolute Gasteiger partial charge is 0.361 e. The third kappa shape index (κ3) is 9.46. The molecule has 2 unspecified atom stereocenters. The van der Waals surface area contributed by atoms with Gasteiger partial charge in [-0.2, -0.15) is 0 Å². The Labute approximate surface area is 249 Å². The van der Waals surface area contributed by atoms with Crippen molar-refractivity contribution in [2.24, 2.45) is 11.5 Å². The SMILES string of the molecule is NC(Cc1c[nH]c2ccccc12)C(=O)NCCCCCCCCCCCCNC(=O)C(N)Cc1c[nH]c2ccccc12. The van der Waals surface area contributed by atoms with Gasteiger partial charge in [-0.15, -0.1) is 0 Å². The summed E-state index contributed by atoms with van der Waals surface area (Å²) in [5.74, 6) is -0.152. The van der Waals surface area contributed by atoms with Crippen molar-refractivity contribution in [3.63, 3.8) is 0 Å². The summed E-state index contributed by atoms with van der Waals surface area (Å²) in [5.41, 5.74) is 16.6. The zero-order valence-corrected chi connectivity index (χ0v) is 24.8. The number of amides is 2. The summed E-state index contributed by atoms with van der Waals surface area (Å²) in [7, 11) is 0. The molecule has 4 aromatic rings. The fraction of sp³-hybridized carbons (Fsp3) is 0.471. The lowest BCUT2D eigenvalue weighted by atomic mass is 10.0. The molecule has 0 spiro atoms. The molecule has 0 saturated heterocycles. The number of nitrogens with two attached hydrogens (primary N) is 2. The number of para-hydroxylation sites is 2. The minimum absolute atomic E-state index is 0.0758. The van der Waals surface area contributed by atoms with Gasteiger partial charge in [-0.25, -0.2) is 0 Å². The molecule has 0 saturated carbocycles. The van der Waals surface area contributed by atoms with Gasteiger partial charge in [0.15, 0.2) is 0 Å². The molecule has 0 fully saturated rings. The zero-order valence-electron chi connectivity index (χ0n) is 24.8. The molecule has 42 heavy (non-hydrogen) atoms. The van der Waals surface area contributed by atoms with Crippen LogP contribution in [0.25, 0.3) is 21.8 Å². The van der Waals surface area contributed by atoms with E-state index in [0.717, 1.165) is 58.6 Å². The average molecular weight is 573 g/mol. The summed E-state index contributed by atoms with van der Waals surface area (Å²) in [6, 6.07) is 15.1. The lowest BCUT2D eigenvalue weighted by Crippen LogP contribution is -2.42. The minimum atomic E-state index is -0.533. The Morgan fingerprint density at radius 1 is 0.571 bits per heavy atom. The molecule has 2 heterocycles. The third-order valence-electron chi connectivity index (χ3n) is 8.11. The van der Waals surface area contributed by atoms with Crippen molar-refractivity contribution in [1.82, 2.24) is 20.6 Å². The maximum Gasteiger partial charge on any atom is 0.237 e. The predicted molar refractivity (Wildman–Crippen MR) is 172 cm³/mol. The standard InChI is InChI=1S/C34H48N6O2/c35-29(21-25-23-39-31-17-11-9-15-27(25)31)33(41)37-19-13-7-5-3-1-2-4-6-8-14-20-38-34(42)30(36)22-26-24-40-32-18-12-10-16-28(26)32/h9-12,15-18,23-24,29-30,39-40H,1-8,13-14,19-22,35-36H2,(H,37,41)(H,38,42). The van der Waals surface area contributed by atoms with Crippen LogP contribution in [0.5, 0.6) is 0 Å². The Kier molecular flexibility index (Phi) is 12.5. The minimum Gasteiger partial charge on any atom is -0.361 e. The smallest absolute Gasteiger partial charge is 0.237 e. The first-order valence-electron chi connectivity index (χ1n) is 15.7. The Hall–Kier alpha value is -3.62. The van der Waals surface area contributed by atoms with E-state index in [2.05, 4.69) is 32.7 Å².